The SMILES string of the molecule is CCOc1ccc(C2C(C(=O)c3ccco3)=C(O)C(=O)N2c2nc3c(C)cc(C)cc3s2)cc1OCC. The molecule has 9 heteroatoms. The van der Waals surface area contributed by atoms with Gasteiger partial charge in [0.25, 0.3) is 5.91 Å². The highest BCUT2D eigenvalue weighted by Crippen LogP contribution is 2.46. The van der Waals surface area contributed by atoms with Gasteiger partial charge in [0.15, 0.2) is 28.1 Å². The Morgan fingerprint density at radius 2 is 1.86 bits per heavy atom. The van der Waals surface area contributed by atoms with E-state index in [-0.39, 0.29) is 11.3 Å². The summed E-state index contributed by atoms with van der Waals surface area (Å²) in [4.78, 5) is 33.2. The first-order valence-electron chi connectivity index (χ1n) is 12.0. The van der Waals surface area contributed by atoms with Crippen molar-refractivity contribution in [2.75, 3.05) is 18.1 Å². The number of aryl methyl sites for hydroxylation is 2. The average molecular weight is 519 g/mol. The number of rotatable bonds is 8. The fourth-order valence-electron chi connectivity index (χ4n) is 4.59. The Hall–Kier alpha value is -4.11. The highest BCUT2D eigenvalue weighted by molar-refractivity contribution is 7.22. The molecule has 2 aromatic carbocycles. The zero-order valence-electron chi connectivity index (χ0n) is 20.9. The maximum absolute atomic E-state index is 13.5. The number of furan rings is 1. The highest BCUT2D eigenvalue weighted by atomic mass is 32.1. The molecule has 0 bridgehead atoms. The van der Waals surface area contributed by atoms with E-state index in [0.717, 1.165) is 21.3 Å². The third-order valence-corrected chi connectivity index (χ3v) is 7.11. The molecule has 0 saturated heterocycles. The van der Waals surface area contributed by atoms with Crippen LogP contribution in [0.5, 0.6) is 11.5 Å². The number of thiazole rings is 1. The molecule has 1 unspecified atom stereocenters. The van der Waals surface area contributed by atoms with Gasteiger partial charge in [-0.15, -0.1) is 0 Å². The number of hydrogen-bond acceptors (Lipinski definition) is 8. The van der Waals surface area contributed by atoms with Crippen molar-refractivity contribution >= 4 is 38.4 Å². The van der Waals surface area contributed by atoms with Crippen molar-refractivity contribution in [3.8, 4) is 11.5 Å². The zero-order chi connectivity index (χ0) is 26.3. The zero-order valence-corrected chi connectivity index (χ0v) is 21.7. The number of aliphatic hydroxyl groups is 1. The minimum absolute atomic E-state index is 0.0212. The van der Waals surface area contributed by atoms with E-state index < -0.39 is 23.5 Å². The lowest BCUT2D eigenvalue weighted by Gasteiger charge is -2.25. The van der Waals surface area contributed by atoms with Gasteiger partial charge in [-0.05, 0) is 74.7 Å². The van der Waals surface area contributed by atoms with E-state index in [2.05, 4.69) is 0 Å². The minimum atomic E-state index is -0.957. The molecule has 3 heterocycles. The molecule has 1 amide bonds. The second-order valence-electron chi connectivity index (χ2n) is 8.64. The van der Waals surface area contributed by atoms with Crippen LogP contribution in [0.4, 0.5) is 5.13 Å². The van der Waals surface area contributed by atoms with Crippen molar-refractivity contribution in [2.45, 2.75) is 33.7 Å². The van der Waals surface area contributed by atoms with Gasteiger partial charge in [-0.3, -0.25) is 14.5 Å². The number of hydrogen-bond donors (Lipinski definition) is 1. The summed E-state index contributed by atoms with van der Waals surface area (Å²) in [5.74, 6) is -0.884. The molecular weight excluding hydrogens is 492 g/mol. The van der Waals surface area contributed by atoms with E-state index in [1.54, 1.807) is 24.3 Å². The van der Waals surface area contributed by atoms with Crippen LogP contribution in [0, 0.1) is 13.8 Å². The Labute approximate surface area is 217 Å². The third-order valence-electron chi connectivity index (χ3n) is 6.11. The molecule has 0 spiro atoms. The molecule has 0 aliphatic carbocycles. The smallest absolute Gasteiger partial charge is 0.296 e. The number of carbonyl (C=O) groups is 2. The number of ether oxygens (including phenoxy) is 2. The number of aliphatic hydroxyl groups excluding tert-OH is 1. The number of carbonyl (C=O) groups excluding carboxylic acids is 2. The Kier molecular flexibility index (Phi) is 6.47. The summed E-state index contributed by atoms with van der Waals surface area (Å²) in [6.07, 6.45) is 1.37. The van der Waals surface area contributed by atoms with Crippen molar-refractivity contribution in [3.63, 3.8) is 0 Å². The number of anilines is 1. The monoisotopic (exact) mass is 518 g/mol. The van der Waals surface area contributed by atoms with Gasteiger partial charge in [-0.2, -0.15) is 0 Å². The lowest BCUT2D eigenvalue weighted by atomic mass is 9.95. The van der Waals surface area contributed by atoms with Gasteiger partial charge in [0.05, 0.1) is 41.3 Å². The summed E-state index contributed by atoms with van der Waals surface area (Å²) in [5.41, 5.74) is 3.30. The number of Topliss-reactive ketones (excluding diaryl/α,β-unsaturated/α-hetero) is 1. The van der Waals surface area contributed by atoms with Crippen molar-refractivity contribution in [2.24, 2.45) is 0 Å². The molecule has 1 atom stereocenters. The van der Waals surface area contributed by atoms with Gasteiger partial charge >= 0.3 is 0 Å². The van der Waals surface area contributed by atoms with Gasteiger partial charge in [0.1, 0.15) is 0 Å². The molecular formula is C28H26N2O6S. The maximum Gasteiger partial charge on any atom is 0.296 e. The first-order valence-corrected chi connectivity index (χ1v) is 12.8. The van der Waals surface area contributed by atoms with Crippen LogP contribution in [0.3, 0.4) is 0 Å². The standard InChI is InChI=1S/C28H26N2O6S/c1-5-34-18-10-9-17(14-20(18)35-6-2)24-22(25(31)19-8-7-11-36-19)26(32)27(33)30(24)28-29-23-16(4)12-15(3)13-21(23)37-28/h7-14,24,32H,5-6H2,1-4H3. The van der Waals surface area contributed by atoms with Crippen molar-refractivity contribution in [1.29, 1.82) is 0 Å². The van der Waals surface area contributed by atoms with Crippen molar-refractivity contribution < 1.29 is 28.6 Å². The molecule has 4 aromatic rings. The van der Waals surface area contributed by atoms with Gasteiger partial charge in [-0.25, -0.2) is 4.98 Å². The quantitative estimate of drug-likeness (QED) is 0.282. The van der Waals surface area contributed by atoms with Gasteiger partial charge in [0, 0.05) is 0 Å². The van der Waals surface area contributed by atoms with Gasteiger partial charge in [0.2, 0.25) is 5.78 Å². The van der Waals surface area contributed by atoms with Crippen molar-refractivity contribution in [1.82, 2.24) is 4.98 Å². The van der Waals surface area contributed by atoms with Crippen LogP contribution >= 0.6 is 11.3 Å². The van der Waals surface area contributed by atoms with E-state index >= 15 is 0 Å². The summed E-state index contributed by atoms with van der Waals surface area (Å²) in [5, 5.41) is 11.4. The van der Waals surface area contributed by atoms with Crippen LogP contribution in [-0.4, -0.2) is 35.0 Å². The fraction of sp³-hybridized carbons (Fsp3) is 0.250. The Morgan fingerprint density at radius 1 is 1.11 bits per heavy atom. The normalized spacial score (nSPS) is 15.6. The molecule has 2 aromatic heterocycles. The molecule has 190 valence electrons. The van der Waals surface area contributed by atoms with Crippen LogP contribution in [-0.2, 0) is 4.79 Å². The fourth-order valence-corrected chi connectivity index (χ4v) is 5.76. The number of amides is 1. The van der Waals surface area contributed by atoms with E-state index in [1.165, 1.54) is 28.6 Å². The predicted molar refractivity (Wildman–Crippen MR) is 141 cm³/mol. The van der Waals surface area contributed by atoms with Gasteiger partial charge in [-0.1, -0.05) is 23.5 Å². The number of benzene rings is 2. The molecule has 1 N–H and O–H groups in total. The average Bonchev–Trinajstić information content (AvgIpc) is 3.59. The van der Waals surface area contributed by atoms with E-state index in [9.17, 15) is 14.7 Å². The second-order valence-corrected chi connectivity index (χ2v) is 9.65. The summed E-state index contributed by atoms with van der Waals surface area (Å²) >= 11 is 1.33. The number of fused-ring (bicyclic) bond motifs is 1. The van der Waals surface area contributed by atoms with Crippen LogP contribution in [0.15, 0.2) is 64.5 Å². The Bertz CT molecular complexity index is 1540. The molecule has 1 aliphatic heterocycles. The molecule has 8 nitrogen and oxygen atoms in total. The molecule has 37 heavy (non-hydrogen) atoms. The lowest BCUT2D eigenvalue weighted by Crippen LogP contribution is -2.31. The topological polar surface area (TPSA) is 102 Å². The largest absolute Gasteiger partial charge is 0.503 e. The third kappa shape index (κ3) is 4.25. The van der Waals surface area contributed by atoms with E-state index in [4.69, 9.17) is 18.9 Å². The summed E-state index contributed by atoms with van der Waals surface area (Å²) in [6, 6.07) is 11.4. The molecule has 0 radical (unpaired) electrons. The lowest BCUT2D eigenvalue weighted by molar-refractivity contribution is -0.117. The minimum Gasteiger partial charge on any atom is -0.503 e. The Morgan fingerprint density at radius 3 is 2.57 bits per heavy atom. The van der Waals surface area contributed by atoms with Crippen LogP contribution in [0.25, 0.3) is 10.2 Å². The van der Waals surface area contributed by atoms with E-state index in [0.29, 0.717) is 35.4 Å². The Balaban J connectivity index is 1.70. The molecule has 5 rings (SSSR count). The van der Waals surface area contributed by atoms with Crippen LogP contribution < -0.4 is 14.4 Å². The summed E-state index contributed by atoms with van der Waals surface area (Å²) in [7, 11) is 0. The second kappa shape index (κ2) is 9.74. The molecule has 0 fully saturated rings. The first-order chi connectivity index (χ1) is 17.8. The van der Waals surface area contributed by atoms with Crippen LogP contribution in [0.2, 0.25) is 0 Å². The predicted octanol–water partition coefficient (Wildman–Crippen LogP) is 6.09. The van der Waals surface area contributed by atoms with Crippen molar-refractivity contribution in [3.05, 3.63) is 82.5 Å². The first kappa shape index (κ1) is 24.6. The summed E-state index contributed by atoms with van der Waals surface area (Å²) in [6.45, 7) is 8.53. The number of aromatic nitrogens is 1. The maximum atomic E-state index is 13.5. The molecule has 0 saturated carbocycles. The molecule has 1 aliphatic rings. The van der Waals surface area contributed by atoms with E-state index in [1.807, 2.05) is 39.8 Å². The van der Waals surface area contributed by atoms with Crippen LogP contribution in [0.1, 0.15) is 47.1 Å². The number of nitrogens with zero attached hydrogens (tertiary/aromatic N) is 2. The van der Waals surface area contributed by atoms with Gasteiger partial charge < -0.3 is 19.0 Å². The highest BCUT2D eigenvalue weighted by Gasteiger charge is 2.46. The summed E-state index contributed by atoms with van der Waals surface area (Å²) < 4.78 is 17.7. The number of ketones is 1.